The number of aliphatic imine (C=N–C) groups is 1. The van der Waals surface area contributed by atoms with Crippen LogP contribution in [0.1, 0.15) is 32.7 Å². The van der Waals surface area contributed by atoms with Gasteiger partial charge >= 0.3 is 0 Å². The van der Waals surface area contributed by atoms with E-state index in [2.05, 4.69) is 9.71 Å². The Morgan fingerprint density at radius 1 is 1.42 bits per heavy atom. The molecule has 194 valence electrons. The minimum Gasteiger partial charge on any atom is -0.378 e. The fourth-order valence-corrected chi connectivity index (χ4v) is 6.19. The van der Waals surface area contributed by atoms with Crippen molar-refractivity contribution < 1.29 is 23.4 Å². The van der Waals surface area contributed by atoms with Crippen LogP contribution in [0, 0.1) is 22.1 Å². The van der Waals surface area contributed by atoms with Gasteiger partial charge in [-0.2, -0.15) is 9.98 Å². The number of nitrogens with one attached hydrogen (secondary N) is 3. The van der Waals surface area contributed by atoms with E-state index in [0.29, 0.717) is 51.0 Å². The van der Waals surface area contributed by atoms with Crippen molar-refractivity contribution in [3.05, 3.63) is 17.7 Å². The molecular formula is C21H26F2N8O3S2. The first kappa shape index (κ1) is 26.0. The molecule has 3 aliphatic rings. The Morgan fingerprint density at radius 3 is 2.75 bits per heavy atom. The molecule has 0 bridgehead atoms. The SMILES string of the molecule is N#CC1(NS(=O)(=O)c2cc(N=C(N)SC(=N)C(F)F)c(C=N)c(N3CCN4C(=O)CCC4C3)c2)CC1.[HH]. The average Bonchev–Trinajstić information content (AvgIpc) is 3.50. The second kappa shape index (κ2) is 9.75. The molecule has 0 radical (unpaired) electrons. The van der Waals surface area contributed by atoms with E-state index < -0.39 is 32.2 Å². The number of sulfonamides is 1. The number of piperazine rings is 1. The van der Waals surface area contributed by atoms with Gasteiger partial charge in [0.1, 0.15) is 10.6 Å². The predicted octanol–water partition coefficient (Wildman–Crippen LogP) is 2.00. The number of fused-ring (bicyclic) bond motifs is 1. The molecule has 4 rings (SSSR count). The van der Waals surface area contributed by atoms with Gasteiger partial charge in [-0.15, -0.1) is 0 Å². The quantitative estimate of drug-likeness (QED) is 0.301. The van der Waals surface area contributed by atoms with Crippen LogP contribution in [-0.4, -0.2) is 73.3 Å². The monoisotopic (exact) mass is 540 g/mol. The number of carbonyl (C=O) groups is 1. The summed E-state index contributed by atoms with van der Waals surface area (Å²) < 4.78 is 54.4. The Labute approximate surface area is 212 Å². The Balaban J connectivity index is 0.00000380. The number of halogens is 2. The molecule has 1 amide bonds. The molecule has 15 heteroatoms. The third-order valence-corrected chi connectivity index (χ3v) is 8.55. The zero-order valence-corrected chi connectivity index (χ0v) is 20.6. The minimum atomic E-state index is -4.19. The number of rotatable bonds is 7. The molecule has 1 saturated carbocycles. The summed E-state index contributed by atoms with van der Waals surface area (Å²) in [6.45, 7) is 1.22. The smallest absolute Gasteiger partial charge is 0.286 e. The summed E-state index contributed by atoms with van der Waals surface area (Å²) in [5.74, 6) is 0.0651. The van der Waals surface area contributed by atoms with Crippen molar-refractivity contribution in [3.63, 3.8) is 0 Å². The van der Waals surface area contributed by atoms with Crippen LogP contribution < -0.4 is 15.4 Å². The molecule has 1 unspecified atom stereocenters. The number of amidine groups is 1. The van der Waals surface area contributed by atoms with Gasteiger partial charge in [0, 0.05) is 51.0 Å². The van der Waals surface area contributed by atoms with E-state index in [4.69, 9.17) is 16.6 Å². The van der Waals surface area contributed by atoms with Gasteiger partial charge in [-0.05, 0) is 43.2 Å². The molecule has 1 aromatic rings. The summed E-state index contributed by atoms with van der Waals surface area (Å²) in [5.41, 5.74) is 5.10. The number of amides is 1. The maximum Gasteiger partial charge on any atom is 0.286 e. The minimum absolute atomic E-state index is 0. The van der Waals surface area contributed by atoms with E-state index in [1.54, 1.807) is 4.90 Å². The molecule has 0 spiro atoms. The van der Waals surface area contributed by atoms with Gasteiger partial charge in [-0.1, -0.05) is 0 Å². The molecule has 2 saturated heterocycles. The number of nitrogens with zero attached hydrogens (tertiary/aromatic N) is 4. The number of carbonyl (C=O) groups excluding carboxylic acids is 1. The first-order chi connectivity index (χ1) is 17.0. The molecule has 3 fully saturated rings. The molecule has 1 atom stereocenters. The summed E-state index contributed by atoms with van der Waals surface area (Å²) in [5, 5.41) is 23.2. The topological polar surface area (TPSA) is 180 Å². The maximum atomic E-state index is 13.2. The second-order valence-electron chi connectivity index (χ2n) is 8.76. The third-order valence-electron chi connectivity index (χ3n) is 6.34. The van der Waals surface area contributed by atoms with Crippen molar-refractivity contribution in [3.8, 4) is 6.07 Å². The Morgan fingerprint density at radius 2 is 2.14 bits per heavy atom. The van der Waals surface area contributed by atoms with Crippen LogP contribution in [0.25, 0.3) is 0 Å². The van der Waals surface area contributed by atoms with Crippen molar-refractivity contribution >= 4 is 55.5 Å². The van der Waals surface area contributed by atoms with Crippen molar-refractivity contribution in [1.29, 1.82) is 16.1 Å². The molecule has 36 heavy (non-hydrogen) atoms. The highest BCUT2D eigenvalue weighted by molar-refractivity contribution is 8.26. The van der Waals surface area contributed by atoms with E-state index >= 15 is 0 Å². The zero-order valence-electron chi connectivity index (χ0n) is 19.0. The standard InChI is InChI=1S/C21H24F2N8O3S2.H2/c22-18(23)19(26)35-20(27)28-15-7-13(36(33,34)29-21(11-25)3-4-21)8-16(14(15)9-24)30-5-6-31-12(10-30)1-2-17(31)32;/h7-9,12,18,24,26,29H,1-6,10H2,(H2,27,28);1H. The number of hydrogen-bond donors (Lipinski definition) is 4. The highest BCUT2D eigenvalue weighted by Crippen LogP contribution is 2.39. The fourth-order valence-electron chi connectivity index (χ4n) is 4.31. The van der Waals surface area contributed by atoms with Gasteiger partial charge in [0.05, 0.1) is 16.7 Å². The summed E-state index contributed by atoms with van der Waals surface area (Å²) in [4.78, 5) is 19.6. The number of anilines is 1. The number of alkyl halides is 2. The molecule has 11 nitrogen and oxygen atoms in total. The van der Waals surface area contributed by atoms with Crippen molar-refractivity contribution in [1.82, 2.24) is 9.62 Å². The largest absolute Gasteiger partial charge is 0.378 e. The van der Waals surface area contributed by atoms with Gasteiger partial charge < -0.3 is 20.9 Å². The molecule has 2 heterocycles. The predicted molar refractivity (Wildman–Crippen MR) is 134 cm³/mol. The van der Waals surface area contributed by atoms with E-state index in [9.17, 15) is 27.3 Å². The highest BCUT2D eigenvalue weighted by atomic mass is 32.2. The average molecular weight is 541 g/mol. The van der Waals surface area contributed by atoms with Gasteiger partial charge in [0.25, 0.3) is 6.43 Å². The van der Waals surface area contributed by atoms with Crippen molar-refractivity contribution in [2.24, 2.45) is 10.7 Å². The number of benzene rings is 1. The summed E-state index contributed by atoms with van der Waals surface area (Å²) >= 11 is 0.233. The van der Waals surface area contributed by atoms with Crippen LogP contribution in [0.5, 0.6) is 0 Å². The first-order valence-electron chi connectivity index (χ1n) is 11.1. The number of thioether (sulfide) groups is 1. The fraction of sp³-hybridized carbons (Fsp3) is 0.476. The van der Waals surface area contributed by atoms with Gasteiger partial charge in [-0.3, -0.25) is 10.2 Å². The number of hydrogen-bond acceptors (Lipinski definition) is 9. The lowest BCUT2D eigenvalue weighted by molar-refractivity contribution is -0.129. The Hall–Kier alpha value is -3.09. The zero-order chi connectivity index (χ0) is 26.3. The Bertz CT molecular complexity index is 1300. The molecule has 2 aliphatic heterocycles. The summed E-state index contributed by atoms with van der Waals surface area (Å²) in [7, 11) is -4.19. The summed E-state index contributed by atoms with van der Waals surface area (Å²) in [6, 6.07) is 4.45. The lowest BCUT2D eigenvalue weighted by Gasteiger charge is -2.39. The van der Waals surface area contributed by atoms with Crippen LogP contribution in [0.2, 0.25) is 0 Å². The third kappa shape index (κ3) is 5.20. The number of nitriles is 1. The van der Waals surface area contributed by atoms with Crippen molar-refractivity contribution in [2.75, 3.05) is 24.5 Å². The maximum absolute atomic E-state index is 13.2. The highest BCUT2D eigenvalue weighted by Gasteiger charge is 2.47. The lowest BCUT2D eigenvalue weighted by atomic mass is 10.1. The molecule has 0 aromatic heterocycles. The van der Waals surface area contributed by atoms with Gasteiger partial charge in [0.2, 0.25) is 15.9 Å². The second-order valence-corrected chi connectivity index (χ2v) is 11.5. The van der Waals surface area contributed by atoms with Crippen molar-refractivity contribution in [2.45, 2.75) is 48.6 Å². The van der Waals surface area contributed by atoms with Crippen LogP contribution in [0.3, 0.4) is 0 Å². The summed E-state index contributed by atoms with van der Waals surface area (Å²) in [6.07, 6.45) is -0.248. The van der Waals surface area contributed by atoms with E-state index in [-0.39, 0.29) is 41.3 Å². The Kier molecular flexibility index (Phi) is 7.04. The molecule has 5 N–H and O–H groups in total. The van der Waals surface area contributed by atoms with Crippen LogP contribution >= 0.6 is 11.8 Å². The van der Waals surface area contributed by atoms with Gasteiger partial charge in [-0.25, -0.2) is 22.2 Å². The van der Waals surface area contributed by atoms with E-state index in [0.717, 1.165) is 12.3 Å². The van der Waals surface area contributed by atoms with Gasteiger partial charge in [0.15, 0.2) is 5.17 Å². The van der Waals surface area contributed by atoms with Crippen LogP contribution in [-0.2, 0) is 14.8 Å². The molecule has 1 aliphatic carbocycles. The van der Waals surface area contributed by atoms with E-state index in [1.165, 1.54) is 6.07 Å². The molecular weight excluding hydrogens is 514 g/mol. The first-order valence-corrected chi connectivity index (χ1v) is 13.4. The van der Waals surface area contributed by atoms with Crippen LogP contribution in [0.4, 0.5) is 20.2 Å². The lowest BCUT2D eigenvalue weighted by Crippen LogP contribution is -2.51. The van der Waals surface area contributed by atoms with E-state index in [1.807, 2.05) is 11.0 Å². The van der Waals surface area contributed by atoms with Crippen LogP contribution in [0.15, 0.2) is 22.0 Å². The molecule has 1 aromatic carbocycles. The number of nitrogens with two attached hydrogens (primary N) is 1. The normalized spacial score (nSPS) is 21.3.